The molecule has 0 atom stereocenters. The lowest BCUT2D eigenvalue weighted by Crippen LogP contribution is -2.23. The molecule has 0 saturated carbocycles. The highest BCUT2D eigenvalue weighted by molar-refractivity contribution is 6.01. The van der Waals surface area contributed by atoms with Crippen LogP contribution in [0, 0.1) is 0 Å². The summed E-state index contributed by atoms with van der Waals surface area (Å²) in [6.45, 7) is 1.66. The van der Waals surface area contributed by atoms with Crippen LogP contribution in [0.15, 0.2) is 0 Å². The summed E-state index contributed by atoms with van der Waals surface area (Å²) in [6.07, 6.45) is 0.396. The lowest BCUT2D eigenvalue weighted by molar-refractivity contribution is -0.129. The minimum atomic E-state index is -0.540. The summed E-state index contributed by atoms with van der Waals surface area (Å²) in [7, 11) is 0. The molecule has 0 aliphatic carbocycles. The highest BCUT2D eigenvalue weighted by atomic mass is 16.2. The number of imide groups is 1. The fourth-order valence-corrected chi connectivity index (χ4v) is 0.421. The minimum absolute atomic E-state index is 0.167. The van der Waals surface area contributed by atoms with Gasteiger partial charge in [-0.3, -0.25) is 19.7 Å². The molecule has 0 aliphatic rings. The van der Waals surface area contributed by atoms with Crippen LogP contribution in [0.4, 0.5) is 0 Å². The highest BCUT2D eigenvalue weighted by Gasteiger charge is 2.04. The Labute approximate surface area is 58.6 Å². The Bertz CT molecular complexity index is 153. The maximum absolute atomic E-state index is 10.5. The lowest BCUT2D eigenvalue weighted by atomic mass is 10.2. The maximum atomic E-state index is 10.5. The van der Waals surface area contributed by atoms with Gasteiger partial charge in [0, 0.05) is 6.42 Å². The van der Waals surface area contributed by atoms with Crippen LogP contribution in [0.1, 0.15) is 19.8 Å². The van der Waals surface area contributed by atoms with Gasteiger partial charge >= 0.3 is 0 Å². The van der Waals surface area contributed by atoms with E-state index in [0.29, 0.717) is 6.42 Å². The smallest absolute Gasteiger partial charge is 0.233 e. The monoisotopic (exact) mass is 143 g/mol. The highest BCUT2D eigenvalue weighted by Crippen LogP contribution is 1.86. The Morgan fingerprint density at radius 2 is 2.10 bits per heavy atom. The van der Waals surface area contributed by atoms with E-state index >= 15 is 0 Å². The van der Waals surface area contributed by atoms with Crippen molar-refractivity contribution in [1.29, 1.82) is 0 Å². The molecule has 0 aromatic carbocycles. The van der Waals surface area contributed by atoms with Gasteiger partial charge in [-0.15, -0.1) is 0 Å². The number of nitrogens with one attached hydrogen (secondary N) is 1. The zero-order valence-corrected chi connectivity index (χ0v) is 5.72. The van der Waals surface area contributed by atoms with Gasteiger partial charge < -0.3 is 0 Å². The molecule has 0 unspecified atom stereocenters. The number of hydrogen-bond acceptors (Lipinski definition) is 3. The van der Waals surface area contributed by atoms with Gasteiger partial charge in [0.05, 0.1) is 6.42 Å². The molecule has 4 heteroatoms. The third-order valence-corrected chi connectivity index (χ3v) is 0.972. The van der Waals surface area contributed by atoms with Crippen LogP contribution >= 0.6 is 0 Å². The predicted molar refractivity (Wildman–Crippen MR) is 34.1 cm³/mol. The van der Waals surface area contributed by atoms with Gasteiger partial charge in [0.15, 0.2) is 0 Å². The Morgan fingerprint density at radius 1 is 1.50 bits per heavy atom. The maximum Gasteiger partial charge on any atom is 0.233 e. The van der Waals surface area contributed by atoms with Gasteiger partial charge in [-0.2, -0.15) is 0 Å². The zero-order valence-electron chi connectivity index (χ0n) is 5.72. The van der Waals surface area contributed by atoms with E-state index < -0.39 is 5.91 Å². The van der Waals surface area contributed by atoms with E-state index in [1.165, 1.54) is 0 Å². The topological polar surface area (TPSA) is 63.2 Å². The first kappa shape index (κ1) is 8.81. The van der Waals surface area contributed by atoms with Crippen molar-refractivity contribution in [3.8, 4) is 0 Å². The molecular formula is C6H9NO3. The standard InChI is InChI=1S/C6H9NO3/c1-2-5(9)3-6(10)7-4-8/h4H,2-3H2,1H3,(H,7,8,10). The van der Waals surface area contributed by atoms with Crippen molar-refractivity contribution >= 4 is 18.1 Å². The van der Waals surface area contributed by atoms with E-state index in [1.54, 1.807) is 6.92 Å². The average molecular weight is 143 g/mol. The third kappa shape index (κ3) is 3.77. The van der Waals surface area contributed by atoms with E-state index in [4.69, 9.17) is 0 Å². The molecule has 4 nitrogen and oxygen atoms in total. The fraction of sp³-hybridized carbons (Fsp3) is 0.500. The van der Waals surface area contributed by atoms with Crippen LogP contribution in [-0.4, -0.2) is 18.1 Å². The van der Waals surface area contributed by atoms with Crippen LogP contribution in [0.3, 0.4) is 0 Å². The van der Waals surface area contributed by atoms with Crippen LogP contribution in [0.5, 0.6) is 0 Å². The van der Waals surface area contributed by atoms with E-state index in [2.05, 4.69) is 0 Å². The second-order valence-corrected chi connectivity index (χ2v) is 1.75. The van der Waals surface area contributed by atoms with Crippen molar-refractivity contribution in [2.75, 3.05) is 0 Å². The van der Waals surface area contributed by atoms with Gasteiger partial charge in [-0.25, -0.2) is 0 Å². The van der Waals surface area contributed by atoms with E-state index in [1.807, 2.05) is 5.32 Å². The molecule has 1 N–H and O–H groups in total. The van der Waals surface area contributed by atoms with Gasteiger partial charge in [0.1, 0.15) is 5.78 Å². The first-order valence-electron chi connectivity index (χ1n) is 2.95. The molecule has 0 aromatic rings. The summed E-state index contributed by atoms with van der Waals surface area (Å²) in [5.41, 5.74) is 0. The molecular weight excluding hydrogens is 134 g/mol. The Morgan fingerprint density at radius 3 is 2.50 bits per heavy atom. The molecule has 0 saturated heterocycles. The Balaban J connectivity index is 3.57. The van der Waals surface area contributed by atoms with E-state index in [0.717, 1.165) is 0 Å². The van der Waals surface area contributed by atoms with Gasteiger partial charge in [0.2, 0.25) is 12.3 Å². The zero-order chi connectivity index (χ0) is 7.98. The van der Waals surface area contributed by atoms with Crippen molar-refractivity contribution in [3.05, 3.63) is 0 Å². The van der Waals surface area contributed by atoms with E-state index in [9.17, 15) is 14.4 Å². The van der Waals surface area contributed by atoms with Crippen LogP contribution in [0.2, 0.25) is 0 Å². The predicted octanol–water partition coefficient (Wildman–Crippen LogP) is -0.372. The van der Waals surface area contributed by atoms with Gasteiger partial charge in [-0.05, 0) is 0 Å². The Kier molecular flexibility index (Phi) is 4.11. The summed E-state index contributed by atoms with van der Waals surface area (Å²) < 4.78 is 0. The average Bonchev–Trinajstić information content (AvgIpc) is 1.88. The normalized spacial score (nSPS) is 8.50. The molecule has 56 valence electrons. The molecule has 0 aliphatic heterocycles. The summed E-state index contributed by atoms with van der Waals surface area (Å²) in [6, 6.07) is 0. The molecule has 0 bridgehead atoms. The Hall–Kier alpha value is -1.19. The SMILES string of the molecule is CCC(=O)CC(=O)NC=O. The number of Topliss-reactive ketones (excluding diaryl/α,β-unsaturated/α-hetero) is 1. The molecule has 10 heavy (non-hydrogen) atoms. The van der Waals surface area contributed by atoms with Crippen molar-refractivity contribution in [1.82, 2.24) is 5.32 Å². The second-order valence-electron chi connectivity index (χ2n) is 1.75. The van der Waals surface area contributed by atoms with Crippen molar-refractivity contribution < 1.29 is 14.4 Å². The van der Waals surface area contributed by atoms with Gasteiger partial charge in [-0.1, -0.05) is 6.92 Å². The quantitative estimate of drug-likeness (QED) is 0.431. The molecule has 0 aromatic heterocycles. The third-order valence-electron chi connectivity index (χ3n) is 0.972. The summed E-state index contributed by atoms with van der Waals surface area (Å²) in [5, 5.41) is 1.87. The largest absolute Gasteiger partial charge is 0.299 e. The second kappa shape index (κ2) is 4.67. The number of amides is 2. The minimum Gasteiger partial charge on any atom is -0.299 e. The number of hydrogen-bond donors (Lipinski definition) is 1. The summed E-state index contributed by atoms with van der Waals surface area (Å²) >= 11 is 0. The lowest BCUT2D eigenvalue weighted by Gasteiger charge is -1.93. The molecule has 0 radical (unpaired) electrons. The first-order valence-corrected chi connectivity index (χ1v) is 2.95. The molecule has 0 fully saturated rings. The van der Waals surface area contributed by atoms with E-state index in [-0.39, 0.29) is 18.6 Å². The first-order chi connectivity index (χ1) is 4.70. The fourth-order valence-electron chi connectivity index (χ4n) is 0.421. The van der Waals surface area contributed by atoms with Crippen molar-refractivity contribution in [3.63, 3.8) is 0 Å². The number of carbonyl (C=O) groups excluding carboxylic acids is 3. The number of carbonyl (C=O) groups is 3. The molecule has 0 rings (SSSR count). The van der Waals surface area contributed by atoms with Crippen LogP contribution in [-0.2, 0) is 14.4 Å². The van der Waals surface area contributed by atoms with Crippen molar-refractivity contribution in [2.24, 2.45) is 0 Å². The number of rotatable bonds is 4. The summed E-state index contributed by atoms with van der Waals surface area (Å²) in [4.78, 5) is 30.6. The van der Waals surface area contributed by atoms with Crippen LogP contribution in [0.25, 0.3) is 0 Å². The van der Waals surface area contributed by atoms with Crippen LogP contribution < -0.4 is 5.32 Å². The number of ketones is 1. The van der Waals surface area contributed by atoms with Gasteiger partial charge in [0.25, 0.3) is 0 Å². The van der Waals surface area contributed by atoms with Crippen molar-refractivity contribution in [2.45, 2.75) is 19.8 Å². The molecule has 0 spiro atoms. The summed E-state index contributed by atoms with van der Waals surface area (Å²) in [5.74, 6) is -0.707. The molecule has 0 heterocycles. The molecule has 2 amide bonds.